The van der Waals surface area contributed by atoms with E-state index in [1.54, 1.807) is 6.92 Å². The van der Waals surface area contributed by atoms with Crippen molar-refractivity contribution in [2.75, 3.05) is 17.3 Å². The first-order chi connectivity index (χ1) is 9.27. The molecule has 1 rings (SSSR count). The van der Waals surface area contributed by atoms with Gasteiger partial charge in [0.2, 0.25) is 5.91 Å². The van der Waals surface area contributed by atoms with Gasteiger partial charge in [0, 0.05) is 24.5 Å². The zero-order valence-corrected chi connectivity index (χ0v) is 14.5. The highest BCUT2D eigenvalue weighted by atomic mass is 35.5. The number of carbonyl (C=O) groups is 1. The van der Waals surface area contributed by atoms with E-state index < -0.39 is 5.54 Å². The van der Waals surface area contributed by atoms with Crippen molar-refractivity contribution in [3.8, 4) is 0 Å². The van der Waals surface area contributed by atoms with Gasteiger partial charge in [-0.05, 0) is 45.4 Å². The summed E-state index contributed by atoms with van der Waals surface area (Å²) in [5.74, 6) is -0.135. The van der Waals surface area contributed by atoms with E-state index in [0.29, 0.717) is 12.5 Å². The maximum atomic E-state index is 12.2. The molecule has 1 aromatic rings. The number of benzene rings is 1. The topological polar surface area (TPSA) is 58.4 Å². The van der Waals surface area contributed by atoms with E-state index in [1.807, 2.05) is 38.2 Å². The van der Waals surface area contributed by atoms with Crippen molar-refractivity contribution in [3.05, 3.63) is 24.3 Å². The van der Waals surface area contributed by atoms with Crippen LogP contribution in [-0.2, 0) is 4.79 Å². The van der Waals surface area contributed by atoms with E-state index in [1.165, 1.54) is 0 Å². The van der Waals surface area contributed by atoms with E-state index in [4.69, 9.17) is 5.73 Å². The van der Waals surface area contributed by atoms with Gasteiger partial charge in [0.05, 0.1) is 5.54 Å². The maximum Gasteiger partial charge on any atom is 0.244 e. The number of carbonyl (C=O) groups excluding carboxylic acids is 1. The first kappa shape index (κ1) is 19.7. The van der Waals surface area contributed by atoms with Crippen LogP contribution in [0.4, 0.5) is 11.4 Å². The molecule has 0 aliphatic carbocycles. The fraction of sp³-hybridized carbons (Fsp3) is 0.562. The minimum Gasteiger partial charge on any atom is -0.372 e. The zero-order chi connectivity index (χ0) is 15.3. The predicted octanol–water partition coefficient (Wildman–Crippen LogP) is 3.41. The zero-order valence-electron chi connectivity index (χ0n) is 13.6. The van der Waals surface area contributed by atoms with Gasteiger partial charge in [0.15, 0.2) is 0 Å². The summed E-state index contributed by atoms with van der Waals surface area (Å²) in [6.07, 6.45) is 1.56. The number of hydrogen-bond acceptors (Lipinski definition) is 3. The van der Waals surface area contributed by atoms with Crippen LogP contribution in [0.3, 0.4) is 0 Å². The van der Waals surface area contributed by atoms with Crippen LogP contribution in [0.1, 0.15) is 40.5 Å². The van der Waals surface area contributed by atoms with Gasteiger partial charge >= 0.3 is 0 Å². The molecule has 0 bridgehead atoms. The van der Waals surface area contributed by atoms with Crippen molar-refractivity contribution in [1.29, 1.82) is 0 Å². The molecule has 120 valence electrons. The van der Waals surface area contributed by atoms with Gasteiger partial charge in [-0.3, -0.25) is 4.79 Å². The second-order valence-electron chi connectivity index (χ2n) is 5.88. The molecule has 1 unspecified atom stereocenters. The second kappa shape index (κ2) is 8.25. The number of halogens is 1. The molecule has 0 aromatic heterocycles. The number of nitrogens with zero attached hydrogens (tertiary/aromatic N) is 1. The van der Waals surface area contributed by atoms with Crippen LogP contribution in [0.5, 0.6) is 0 Å². The average Bonchev–Trinajstić information content (AvgIpc) is 2.37. The quantitative estimate of drug-likeness (QED) is 0.846. The van der Waals surface area contributed by atoms with Gasteiger partial charge in [0.1, 0.15) is 0 Å². The Labute approximate surface area is 134 Å². The molecular weight excluding hydrogens is 286 g/mol. The lowest BCUT2D eigenvalue weighted by atomic mass is 9.96. The smallest absolute Gasteiger partial charge is 0.244 e. The fourth-order valence-electron chi connectivity index (χ4n) is 2.01. The third-order valence-electron chi connectivity index (χ3n) is 3.57. The molecule has 1 aromatic carbocycles. The lowest BCUT2D eigenvalue weighted by molar-refractivity contribution is -0.120. The third-order valence-corrected chi connectivity index (χ3v) is 3.57. The van der Waals surface area contributed by atoms with Gasteiger partial charge in [-0.15, -0.1) is 12.4 Å². The van der Waals surface area contributed by atoms with Crippen molar-refractivity contribution in [3.63, 3.8) is 0 Å². The van der Waals surface area contributed by atoms with Gasteiger partial charge in [-0.1, -0.05) is 19.4 Å². The summed E-state index contributed by atoms with van der Waals surface area (Å²) < 4.78 is 0. The molecule has 0 spiro atoms. The molecule has 0 fully saturated rings. The summed E-state index contributed by atoms with van der Waals surface area (Å²) >= 11 is 0. The van der Waals surface area contributed by atoms with Crippen molar-refractivity contribution in [2.45, 2.75) is 52.1 Å². The lowest BCUT2D eigenvalue weighted by Gasteiger charge is -2.25. The van der Waals surface area contributed by atoms with E-state index in [-0.39, 0.29) is 18.3 Å². The molecule has 0 saturated heterocycles. The highest BCUT2D eigenvalue weighted by Gasteiger charge is 2.27. The highest BCUT2D eigenvalue weighted by Crippen LogP contribution is 2.21. The first-order valence-electron chi connectivity index (χ1n) is 7.21. The van der Waals surface area contributed by atoms with Crippen LogP contribution in [0, 0.1) is 0 Å². The summed E-state index contributed by atoms with van der Waals surface area (Å²) in [6, 6.07) is 8.24. The minimum atomic E-state index is -0.825. The standard InChI is InChI=1S/C16H27N3O.ClH/c1-6-10-16(4,17)15(20)18-13-8-7-9-14(11-13)19(5)12(2)3;/h7-9,11-12H,6,10,17H2,1-5H3,(H,18,20);1H. The minimum absolute atomic E-state index is 0. The number of nitrogens with two attached hydrogens (primary N) is 1. The molecule has 1 atom stereocenters. The molecule has 3 N–H and O–H groups in total. The molecule has 5 heteroatoms. The SMILES string of the molecule is CCCC(C)(N)C(=O)Nc1cccc(N(C)C(C)C)c1.Cl. The Bertz CT molecular complexity index is 461. The molecule has 21 heavy (non-hydrogen) atoms. The molecule has 1 amide bonds. The number of nitrogens with one attached hydrogen (secondary N) is 1. The van der Waals surface area contributed by atoms with Crippen LogP contribution in [0.25, 0.3) is 0 Å². The molecule has 0 saturated carbocycles. The average molecular weight is 314 g/mol. The molecule has 0 aliphatic heterocycles. The van der Waals surface area contributed by atoms with Crippen LogP contribution in [0.15, 0.2) is 24.3 Å². The number of amides is 1. The summed E-state index contributed by atoms with van der Waals surface area (Å²) in [5.41, 5.74) is 7.08. The molecule has 0 aliphatic rings. The Morgan fingerprint density at radius 2 is 2.05 bits per heavy atom. The third kappa shape index (κ3) is 5.56. The van der Waals surface area contributed by atoms with Gasteiger partial charge in [-0.2, -0.15) is 0 Å². The summed E-state index contributed by atoms with van der Waals surface area (Å²) in [6.45, 7) is 8.06. The Balaban J connectivity index is 0.00000400. The maximum absolute atomic E-state index is 12.2. The van der Waals surface area contributed by atoms with E-state index in [0.717, 1.165) is 17.8 Å². The van der Waals surface area contributed by atoms with Crippen molar-refractivity contribution >= 4 is 29.7 Å². The number of hydrogen-bond donors (Lipinski definition) is 2. The highest BCUT2D eigenvalue weighted by molar-refractivity contribution is 5.97. The van der Waals surface area contributed by atoms with Crippen LogP contribution >= 0.6 is 12.4 Å². The Kier molecular flexibility index (Phi) is 7.75. The molecular formula is C16H28ClN3O. The summed E-state index contributed by atoms with van der Waals surface area (Å²) in [4.78, 5) is 14.3. The molecule has 0 heterocycles. The molecule has 4 nitrogen and oxygen atoms in total. The van der Waals surface area contributed by atoms with Crippen LogP contribution in [-0.4, -0.2) is 24.5 Å². The summed E-state index contributed by atoms with van der Waals surface area (Å²) in [5, 5.41) is 2.91. The van der Waals surface area contributed by atoms with E-state index >= 15 is 0 Å². The van der Waals surface area contributed by atoms with Crippen molar-refractivity contribution in [1.82, 2.24) is 0 Å². The van der Waals surface area contributed by atoms with E-state index in [2.05, 4.69) is 24.1 Å². The van der Waals surface area contributed by atoms with Crippen molar-refractivity contribution in [2.24, 2.45) is 5.73 Å². The van der Waals surface area contributed by atoms with Crippen LogP contribution in [0.2, 0.25) is 0 Å². The monoisotopic (exact) mass is 313 g/mol. The Morgan fingerprint density at radius 3 is 2.57 bits per heavy atom. The van der Waals surface area contributed by atoms with Crippen molar-refractivity contribution < 1.29 is 4.79 Å². The Hall–Kier alpha value is -1.26. The Morgan fingerprint density at radius 1 is 1.43 bits per heavy atom. The number of anilines is 2. The molecule has 0 radical (unpaired) electrons. The van der Waals surface area contributed by atoms with E-state index in [9.17, 15) is 4.79 Å². The normalized spacial score (nSPS) is 13.3. The fourth-order valence-corrected chi connectivity index (χ4v) is 2.01. The van der Waals surface area contributed by atoms with Gasteiger partial charge < -0.3 is 16.0 Å². The second-order valence-corrected chi connectivity index (χ2v) is 5.88. The predicted molar refractivity (Wildman–Crippen MR) is 93.4 cm³/mol. The largest absolute Gasteiger partial charge is 0.372 e. The van der Waals surface area contributed by atoms with Gasteiger partial charge in [0.25, 0.3) is 0 Å². The summed E-state index contributed by atoms with van der Waals surface area (Å²) in [7, 11) is 2.04. The lowest BCUT2D eigenvalue weighted by Crippen LogP contribution is -2.48. The number of rotatable bonds is 6. The van der Waals surface area contributed by atoms with Crippen LogP contribution < -0.4 is 16.0 Å². The first-order valence-corrected chi connectivity index (χ1v) is 7.21. The van der Waals surface area contributed by atoms with Gasteiger partial charge in [-0.25, -0.2) is 0 Å².